The molecular formula is C17H13Cl2N3O3S. The molecule has 0 unspecified atom stereocenters. The summed E-state index contributed by atoms with van der Waals surface area (Å²) in [4.78, 5) is 12.4. The first-order valence-electron chi connectivity index (χ1n) is 7.43. The van der Waals surface area contributed by atoms with E-state index in [4.69, 9.17) is 23.2 Å². The van der Waals surface area contributed by atoms with E-state index in [0.29, 0.717) is 16.4 Å². The third kappa shape index (κ3) is 3.60. The number of aromatic nitrogens is 2. The van der Waals surface area contributed by atoms with Crippen LogP contribution in [0.2, 0.25) is 10.2 Å². The molecule has 0 radical (unpaired) electrons. The maximum absolute atomic E-state index is 12.5. The average Bonchev–Trinajstić information content (AvgIpc) is 2.90. The van der Waals surface area contributed by atoms with Gasteiger partial charge in [-0.05, 0) is 43.3 Å². The van der Waals surface area contributed by atoms with Crippen LogP contribution >= 0.6 is 23.2 Å². The second kappa shape index (κ2) is 7.11. The molecular weight excluding hydrogens is 397 g/mol. The van der Waals surface area contributed by atoms with Crippen LogP contribution in [0.5, 0.6) is 0 Å². The molecule has 2 aromatic carbocycles. The monoisotopic (exact) mass is 409 g/mol. The predicted octanol–water partition coefficient (Wildman–Crippen LogP) is 3.61. The zero-order valence-electron chi connectivity index (χ0n) is 13.5. The quantitative estimate of drug-likeness (QED) is 0.713. The lowest BCUT2D eigenvalue weighted by Gasteiger charge is -2.07. The first-order valence-corrected chi connectivity index (χ1v) is 9.67. The van der Waals surface area contributed by atoms with Crippen LogP contribution in [0, 0.1) is 6.92 Å². The van der Waals surface area contributed by atoms with Gasteiger partial charge in [-0.25, -0.2) is 17.8 Å². The minimum Gasteiger partial charge on any atom is -0.268 e. The van der Waals surface area contributed by atoms with Crippen molar-refractivity contribution in [2.75, 3.05) is 0 Å². The summed E-state index contributed by atoms with van der Waals surface area (Å²) >= 11 is 12.0. The number of carbonyl (C=O) groups is 1. The molecule has 1 aromatic heterocycles. The lowest BCUT2D eigenvalue weighted by atomic mass is 10.2. The summed E-state index contributed by atoms with van der Waals surface area (Å²) in [5, 5.41) is 4.64. The Morgan fingerprint density at radius 2 is 1.65 bits per heavy atom. The smallest absolute Gasteiger partial charge is 0.268 e. The first-order chi connectivity index (χ1) is 12.3. The molecule has 0 fully saturated rings. The zero-order valence-corrected chi connectivity index (χ0v) is 15.8. The SMILES string of the molecule is Cc1nn(-c2ccccc2)c(Cl)c1C(=O)NS(=O)(=O)c1ccc(Cl)cc1. The fraction of sp³-hybridized carbons (Fsp3) is 0.0588. The molecule has 0 saturated heterocycles. The molecule has 9 heteroatoms. The highest BCUT2D eigenvalue weighted by Gasteiger charge is 2.25. The highest BCUT2D eigenvalue weighted by atomic mass is 35.5. The molecule has 3 rings (SSSR count). The van der Waals surface area contributed by atoms with Gasteiger partial charge in [-0.1, -0.05) is 41.4 Å². The number of hydrogen-bond donors (Lipinski definition) is 1. The Bertz CT molecular complexity index is 1060. The first kappa shape index (κ1) is 18.4. The number of nitrogens with one attached hydrogen (secondary N) is 1. The molecule has 6 nitrogen and oxygen atoms in total. The van der Waals surface area contributed by atoms with Crippen LogP contribution < -0.4 is 4.72 Å². The standard InChI is InChI=1S/C17H13Cl2N3O3S/c1-11-15(16(19)22(20-11)13-5-3-2-4-6-13)17(23)21-26(24,25)14-9-7-12(18)8-10-14/h2-10H,1H3,(H,21,23). The van der Waals surface area contributed by atoms with Crippen LogP contribution in [-0.4, -0.2) is 24.1 Å². The molecule has 134 valence electrons. The van der Waals surface area contributed by atoms with E-state index in [0.717, 1.165) is 0 Å². The molecule has 1 amide bonds. The van der Waals surface area contributed by atoms with Gasteiger partial charge in [0.15, 0.2) is 0 Å². The number of hydrogen-bond acceptors (Lipinski definition) is 4. The van der Waals surface area contributed by atoms with Crippen molar-refractivity contribution in [2.24, 2.45) is 0 Å². The van der Waals surface area contributed by atoms with Crippen molar-refractivity contribution >= 4 is 39.1 Å². The van der Waals surface area contributed by atoms with E-state index in [9.17, 15) is 13.2 Å². The second-order valence-electron chi connectivity index (χ2n) is 5.39. The van der Waals surface area contributed by atoms with Crippen molar-refractivity contribution in [1.82, 2.24) is 14.5 Å². The number of halogens is 2. The number of carbonyl (C=O) groups excluding carboxylic acids is 1. The summed E-state index contributed by atoms with van der Waals surface area (Å²) in [7, 11) is -4.07. The van der Waals surface area contributed by atoms with Crippen molar-refractivity contribution in [1.29, 1.82) is 0 Å². The summed E-state index contributed by atoms with van der Waals surface area (Å²) < 4.78 is 28.1. The topological polar surface area (TPSA) is 81.1 Å². The van der Waals surface area contributed by atoms with Crippen LogP contribution in [0.15, 0.2) is 59.5 Å². The lowest BCUT2D eigenvalue weighted by Crippen LogP contribution is -2.31. The van der Waals surface area contributed by atoms with Gasteiger partial charge in [-0.15, -0.1) is 0 Å². The number of amides is 1. The Morgan fingerprint density at radius 3 is 2.27 bits per heavy atom. The van der Waals surface area contributed by atoms with Gasteiger partial charge in [0, 0.05) is 5.02 Å². The van der Waals surface area contributed by atoms with Crippen molar-refractivity contribution in [3.05, 3.63) is 76.0 Å². The lowest BCUT2D eigenvalue weighted by molar-refractivity contribution is 0.0981. The average molecular weight is 410 g/mol. The van der Waals surface area contributed by atoms with E-state index in [1.54, 1.807) is 31.2 Å². The predicted molar refractivity (Wildman–Crippen MR) is 99.4 cm³/mol. The number of benzene rings is 2. The third-order valence-corrected chi connectivity index (χ3v) is 5.53. The van der Waals surface area contributed by atoms with Crippen molar-refractivity contribution in [2.45, 2.75) is 11.8 Å². The Morgan fingerprint density at radius 1 is 1.04 bits per heavy atom. The van der Waals surface area contributed by atoms with E-state index in [2.05, 4.69) is 5.10 Å². The van der Waals surface area contributed by atoms with E-state index in [-0.39, 0.29) is 15.6 Å². The van der Waals surface area contributed by atoms with Crippen LogP contribution in [0.25, 0.3) is 5.69 Å². The highest BCUT2D eigenvalue weighted by molar-refractivity contribution is 7.90. The Hall–Kier alpha value is -2.35. The number of para-hydroxylation sites is 1. The molecule has 3 aromatic rings. The van der Waals surface area contributed by atoms with Gasteiger partial charge in [0.05, 0.1) is 16.3 Å². The fourth-order valence-electron chi connectivity index (χ4n) is 2.34. The molecule has 0 spiro atoms. The second-order valence-corrected chi connectivity index (χ2v) is 7.86. The molecule has 0 atom stereocenters. The number of aryl methyl sites for hydroxylation is 1. The summed E-state index contributed by atoms with van der Waals surface area (Å²) in [5.74, 6) is -0.857. The van der Waals surface area contributed by atoms with Crippen LogP contribution in [-0.2, 0) is 10.0 Å². The molecule has 0 bridgehead atoms. The van der Waals surface area contributed by atoms with Gasteiger partial charge in [-0.2, -0.15) is 5.10 Å². The van der Waals surface area contributed by atoms with E-state index in [1.165, 1.54) is 28.9 Å². The van der Waals surface area contributed by atoms with Crippen LogP contribution in [0.1, 0.15) is 16.1 Å². The Kier molecular flexibility index (Phi) is 5.04. The van der Waals surface area contributed by atoms with Gasteiger partial charge >= 0.3 is 0 Å². The van der Waals surface area contributed by atoms with Crippen molar-refractivity contribution in [3.63, 3.8) is 0 Å². The maximum atomic E-state index is 12.5. The van der Waals surface area contributed by atoms with Gasteiger partial charge in [-0.3, -0.25) is 4.79 Å². The summed E-state index contributed by atoms with van der Waals surface area (Å²) in [5.41, 5.74) is 0.955. The van der Waals surface area contributed by atoms with Gasteiger partial charge in [0.1, 0.15) is 10.7 Å². The molecule has 1 heterocycles. The molecule has 0 aliphatic heterocycles. The molecule has 26 heavy (non-hydrogen) atoms. The summed E-state index contributed by atoms with van der Waals surface area (Å²) in [6.45, 7) is 1.58. The number of sulfonamides is 1. The summed E-state index contributed by atoms with van der Waals surface area (Å²) in [6.07, 6.45) is 0. The van der Waals surface area contributed by atoms with Gasteiger partial charge in [0.2, 0.25) is 0 Å². The van der Waals surface area contributed by atoms with Crippen LogP contribution in [0.3, 0.4) is 0 Å². The highest BCUT2D eigenvalue weighted by Crippen LogP contribution is 2.24. The van der Waals surface area contributed by atoms with Gasteiger partial charge in [0.25, 0.3) is 15.9 Å². The van der Waals surface area contributed by atoms with Crippen molar-refractivity contribution in [3.8, 4) is 5.69 Å². The number of rotatable bonds is 4. The van der Waals surface area contributed by atoms with E-state index >= 15 is 0 Å². The normalized spacial score (nSPS) is 11.3. The third-order valence-electron chi connectivity index (χ3n) is 3.58. The van der Waals surface area contributed by atoms with Crippen molar-refractivity contribution < 1.29 is 13.2 Å². The minimum absolute atomic E-state index is 0.00643. The fourth-order valence-corrected chi connectivity index (χ4v) is 3.79. The van der Waals surface area contributed by atoms with Crippen LogP contribution in [0.4, 0.5) is 0 Å². The molecule has 0 aliphatic carbocycles. The minimum atomic E-state index is -4.07. The molecule has 0 aliphatic rings. The van der Waals surface area contributed by atoms with E-state index < -0.39 is 15.9 Å². The Balaban J connectivity index is 1.93. The van der Waals surface area contributed by atoms with Gasteiger partial charge < -0.3 is 0 Å². The molecule has 1 N–H and O–H groups in total. The Labute approximate surface area is 160 Å². The zero-order chi connectivity index (χ0) is 18.9. The molecule has 0 saturated carbocycles. The van der Waals surface area contributed by atoms with E-state index in [1.807, 2.05) is 10.8 Å². The largest absolute Gasteiger partial charge is 0.270 e. The maximum Gasteiger partial charge on any atom is 0.270 e. The summed E-state index contributed by atoms with van der Waals surface area (Å²) in [6, 6.07) is 14.4. The number of nitrogens with zero attached hydrogens (tertiary/aromatic N) is 2.